The first-order chi connectivity index (χ1) is 7.24. The predicted octanol–water partition coefficient (Wildman–Crippen LogP) is 1.12. The van der Waals surface area contributed by atoms with Crippen LogP contribution in [0.1, 0.15) is 12.8 Å². The summed E-state index contributed by atoms with van der Waals surface area (Å²) in [7, 11) is 0. The number of rotatable bonds is 6. The molecule has 5 nitrogen and oxygen atoms in total. The topological polar surface area (TPSA) is 75.6 Å². The number of unbranched alkanes of at least 4 members (excludes halogenated alkanes) is 1. The van der Waals surface area contributed by atoms with E-state index in [9.17, 15) is 4.91 Å². The summed E-state index contributed by atoms with van der Waals surface area (Å²) in [5, 5.41) is 8.55. The summed E-state index contributed by atoms with van der Waals surface area (Å²) in [6, 6.07) is 6.56. The average molecular weight is 211 g/mol. The van der Waals surface area contributed by atoms with Crippen molar-refractivity contribution >= 4 is 5.69 Å². The van der Waals surface area contributed by atoms with Gasteiger partial charge < -0.3 is 9.84 Å². The van der Waals surface area contributed by atoms with Crippen molar-refractivity contribution in [2.75, 3.05) is 13.2 Å². The summed E-state index contributed by atoms with van der Waals surface area (Å²) in [5.74, 6) is 5.71. The Kier molecular flexibility index (Phi) is 4.56. The van der Waals surface area contributed by atoms with Crippen LogP contribution in [0.3, 0.4) is 0 Å². The molecule has 0 heterocycles. The van der Waals surface area contributed by atoms with Gasteiger partial charge in [0.2, 0.25) is 0 Å². The van der Waals surface area contributed by atoms with Crippen LogP contribution in [0.4, 0.5) is 5.69 Å². The van der Waals surface area contributed by atoms with Crippen molar-refractivity contribution in [2.45, 2.75) is 12.8 Å². The maximum atomic E-state index is 10.7. The van der Waals surface area contributed by atoms with Gasteiger partial charge in [-0.05, 0) is 25.0 Å². The maximum absolute atomic E-state index is 10.7. The quantitative estimate of drug-likeness (QED) is 0.320. The summed E-state index contributed by atoms with van der Waals surface area (Å²) in [6.45, 7) is 0.740. The van der Waals surface area contributed by atoms with Gasteiger partial charge in [-0.25, -0.2) is 0 Å². The number of aliphatic hydroxyl groups excluding tert-OH is 1. The minimum Gasteiger partial charge on any atom is -0.494 e. The first-order valence-corrected chi connectivity index (χ1v) is 4.79. The molecule has 1 aromatic rings. The number of nitrogens with zero attached hydrogens (tertiary/aromatic N) is 1. The molecule has 0 bridgehead atoms. The molecule has 5 heteroatoms. The van der Waals surface area contributed by atoms with E-state index in [4.69, 9.17) is 15.7 Å². The number of ether oxygens (including phenoxy) is 1. The molecule has 3 N–H and O–H groups in total. The molecule has 0 unspecified atom stereocenters. The summed E-state index contributed by atoms with van der Waals surface area (Å²) in [4.78, 5) is 11.0. The van der Waals surface area contributed by atoms with Crippen LogP contribution in [0.25, 0.3) is 0 Å². The fourth-order valence-corrected chi connectivity index (χ4v) is 1.09. The first kappa shape index (κ1) is 11.5. The first-order valence-electron chi connectivity index (χ1n) is 4.79. The van der Waals surface area contributed by atoms with E-state index < -0.39 is 0 Å². The van der Waals surface area contributed by atoms with Crippen LogP contribution in [0.5, 0.6) is 5.75 Å². The lowest BCUT2D eigenvalue weighted by molar-refractivity contribution is -0.474. The molecule has 15 heavy (non-hydrogen) atoms. The van der Waals surface area contributed by atoms with Crippen LogP contribution in [0.15, 0.2) is 24.3 Å². The SMILES string of the molecule is N[N+](=O)c1ccc(OCCCCO)cc1. The monoisotopic (exact) mass is 211 g/mol. The maximum Gasteiger partial charge on any atom is 0.291 e. The van der Waals surface area contributed by atoms with Gasteiger partial charge in [-0.3, -0.25) is 0 Å². The normalized spacial score (nSPS) is 9.93. The van der Waals surface area contributed by atoms with E-state index in [0.717, 1.165) is 12.8 Å². The molecule has 0 aliphatic heterocycles. The van der Waals surface area contributed by atoms with Gasteiger partial charge in [-0.1, -0.05) is 0 Å². The molecule has 0 saturated heterocycles. The van der Waals surface area contributed by atoms with Crippen LogP contribution in [-0.2, 0) is 0 Å². The highest BCUT2D eigenvalue weighted by molar-refractivity contribution is 5.35. The molecule has 0 atom stereocenters. The lowest BCUT2D eigenvalue weighted by Crippen LogP contribution is -2.08. The Morgan fingerprint density at radius 3 is 2.47 bits per heavy atom. The Hall–Kier alpha value is -1.62. The summed E-state index contributed by atoms with van der Waals surface area (Å²) in [5.41, 5.74) is 0.387. The Morgan fingerprint density at radius 1 is 1.27 bits per heavy atom. The van der Waals surface area contributed by atoms with Gasteiger partial charge in [0.1, 0.15) is 5.75 Å². The van der Waals surface area contributed by atoms with Gasteiger partial charge in [-0.2, -0.15) is 5.84 Å². The minimum atomic E-state index is 0.181. The zero-order valence-corrected chi connectivity index (χ0v) is 8.43. The number of hydrogen-bond donors (Lipinski definition) is 2. The van der Waals surface area contributed by atoms with Crippen molar-refractivity contribution in [3.05, 3.63) is 29.2 Å². The number of hydrogen-bond acceptors (Lipinski definition) is 3. The van der Waals surface area contributed by atoms with Crippen molar-refractivity contribution in [2.24, 2.45) is 5.84 Å². The number of nitrogens with two attached hydrogens (primary N) is 1. The van der Waals surface area contributed by atoms with Crippen molar-refractivity contribution in [3.8, 4) is 5.75 Å². The number of aliphatic hydroxyl groups is 1. The summed E-state index contributed by atoms with van der Waals surface area (Å²) >= 11 is 0. The smallest absolute Gasteiger partial charge is 0.291 e. The van der Waals surface area contributed by atoms with E-state index in [0.29, 0.717) is 22.9 Å². The van der Waals surface area contributed by atoms with Crippen LogP contribution >= 0.6 is 0 Å². The molecular formula is C10H15N2O3+. The summed E-state index contributed by atoms with van der Waals surface area (Å²) < 4.78 is 5.37. The molecule has 82 valence electrons. The van der Waals surface area contributed by atoms with E-state index >= 15 is 0 Å². The van der Waals surface area contributed by atoms with Crippen LogP contribution in [0, 0.1) is 4.91 Å². The van der Waals surface area contributed by atoms with E-state index in [1.165, 1.54) is 0 Å². The Balaban J connectivity index is 2.39. The van der Waals surface area contributed by atoms with Gasteiger partial charge in [-0.15, -0.1) is 0 Å². The Bertz CT molecular complexity index is 311. The Labute approximate surface area is 88.0 Å². The lowest BCUT2D eigenvalue weighted by Gasteiger charge is -2.04. The second-order valence-corrected chi connectivity index (χ2v) is 3.10. The fourth-order valence-electron chi connectivity index (χ4n) is 1.09. The third kappa shape index (κ3) is 3.95. The zero-order valence-electron chi connectivity index (χ0n) is 8.43. The molecule has 1 aromatic carbocycles. The molecule has 1 rings (SSSR count). The van der Waals surface area contributed by atoms with Gasteiger partial charge in [0, 0.05) is 18.7 Å². The molecular weight excluding hydrogens is 196 g/mol. The molecule has 0 aliphatic carbocycles. The lowest BCUT2D eigenvalue weighted by atomic mass is 10.3. The van der Waals surface area contributed by atoms with Crippen LogP contribution in [0.2, 0.25) is 0 Å². The molecule has 0 radical (unpaired) electrons. The highest BCUT2D eigenvalue weighted by Gasteiger charge is 2.06. The van der Waals surface area contributed by atoms with Crippen molar-refractivity contribution in [3.63, 3.8) is 0 Å². The number of benzene rings is 1. The van der Waals surface area contributed by atoms with E-state index in [1.54, 1.807) is 24.3 Å². The van der Waals surface area contributed by atoms with E-state index in [2.05, 4.69) is 0 Å². The third-order valence-electron chi connectivity index (χ3n) is 1.91. The molecule has 0 fully saturated rings. The molecule has 0 saturated carbocycles. The molecule has 0 spiro atoms. The minimum absolute atomic E-state index is 0.181. The molecule has 0 aliphatic rings. The van der Waals surface area contributed by atoms with Crippen molar-refractivity contribution in [1.82, 2.24) is 0 Å². The second-order valence-electron chi connectivity index (χ2n) is 3.10. The number of hydrazine groups is 1. The highest BCUT2D eigenvalue weighted by Crippen LogP contribution is 2.16. The molecule has 0 amide bonds. The second kappa shape index (κ2) is 5.98. The standard InChI is InChI=1S/C10H15N2O3/c11-12(14)9-3-5-10(6-4-9)15-8-2-1-7-13/h3-6,13H,1-2,7-8H2,(H2,11,14)/q+1. The zero-order chi connectivity index (χ0) is 11.1. The van der Waals surface area contributed by atoms with Gasteiger partial charge in [0.15, 0.2) is 4.87 Å². The third-order valence-corrected chi connectivity index (χ3v) is 1.91. The molecule has 0 aromatic heterocycles. The predicted molar refractivity (Wildman–Crippen MR) is 55.7 cm³/mol. The fraction of sp³-hybridized carbons (Fsp3) is 0.400. The average Bonchev–Trinajstić information content (AvgIpc) is 2.25. The van der Waals surface area contributed by atoms with Gasteiger partial charge in [0.05, 0.1) is 11.5 Å². The van der Waals surface area contributed by atoms with Crippen LogP contribution in [-0.4, -0.2) is 23.2 Å². The van der Waals surface area contributed by atoms with Crippen LogP contribution < -0.4 is 10.6 Å². The van der Waals surface area contributed by atoms with Crippen molar-refractivity contribution in [1.29, 1.82) is 0 Å². The van der Waals surface area contributed by atoms with Gasteiger partial charge >= 0.3 is 0 Å². The highest BCUT2D eigenvalue weighted by atomic mass is 16.5. The summed E-state index contributed by atoms with van der Waals surface area (Å²) in [6.07, 6.45) is 1.54. The van der Waals surface area contributed by atoms with Gasteiger partial charge in [0.25, 0.3) is 5.69 Å². The Morgan fingerprint density at radius 2 is 1.93 bits per heavy atom. The van der Waals surface area contributed by atoms with Crippen molar-refractivity contribution < 1.29 is 14.7 Å². The van der Waals surface area contributed by atoms with E-state index in [1.807, 2.05) is 0 Å². The largest absolute Gasteiger partial charge is 0.494 e. The van der Waals surface area contributed by atoms with E-state index in [-0.39, 0.29) is 6.61 Å². The number of nitroso groups, excluding NO2 is 1.